The number of hydrogen-bond donors (Lipinski definition) is 0. The van der Waals surface area contributed by atoms with Crippen LogP contribution < -0.4 is 0 Å². The van der Waals surface area contributed by atoms with Crippen LogP contribution in [0.5, 0.6) is 0 Å². The molecule has 0 aliphatic heterocycles. The van der Waals surface area contributed by atoms with Crippen LogP contribution in [0.2, 0.25) is 0 Å². The monoisotopic (exact) mass is 1120 g/mol. The highest BCUT2D eigenvalue weighted by atomic mass is 16.6. The van der Waals surface area contributed by atoms with E-state index in [4.69, 9.17) is 14.2 Å². The lowest BCUT2D eigenvalue weighted by atomic mass is 10.0. The van der Waals surface area contributed by atoms with Crippen molar-refractivity contribution < 1.29 is 28.6 Å². The second-order valence-corrected chi connectivity index (χ2v) is 21.6. The molecular weight excluding hydrogens is 997 g/mol. The smallest absolute Gasteiger partial charge is 0.306 e. The number of ether oxygens (including phenoxy) is 3. The zero-order valence-corrected chi connectivity index (χ0v) is 52.5. The first kappa shape index (κ1) is 76.3. The molecule has 6 nitrogen and oxygen atoms in total. The van der Waals surface area contributed by atoms with E-state index in [1.165, 1.54) is 103 Å². The average molecular weight is 1120 g/mol. The SMILES string of the molecule is CC/C=C\C/C=C\C/C=C\C/C=C\C/C=C\C/C=C\C/C=C\C/C=C\CCCCCCCCC(=O)OCC(COC(=O)CCCCCCCCC)OC(=O)CCCCCCCCCCCCCC/C=C\C/C=C\C/C=C\C/C=C\CC. The molecular formula is C75H122O6. The van der Waals surface area contributed by atoms with Crippen molar-refractivity contribution in [1.82, 2.24) is 0 Å². The van der Waals surface area contributed by atoms with Crippen LogP contribution in [-0.4, -0.2) is 37.2 Å². The zero-order chi connectivity index (χ0) is 58.5. The van der Waals surface area contributed by atoms with Gasteiger partial charge in [0, 0.05) is 19.3 Å². The molecule has 0 saturated heterocycles. The Morgan fingerprint density at radius 2 is 0.481 bits per heavy atom. The van der Waals surface area contributed by atoms with E-state index in [0.29, 0.717) is 19.3 Å². The van der Waals surface area contributed by atoms with E-state index in [9.17, 15) is 14.4 Å². The van der Waals surface area contributed by atoms with Gasteiger partial charge in [-0.2, -0.15) is 0 Å². The molecule has 0 heterocycles. The molecule has 0 bridgehead atoms. The third-order valence-corrected chi connectivity index (χ3v) is 13.8. The Morgan fingerprint density at radius 3 is 0.753 bits per heavy atom. The summed E-state index contributed by atoms with van der Waals surface area (Å²) < 4.78 is 16.8. The predicted octanol–water partition coefficient (Wildman–Crippen LogP) is 23.1. The number of esters is 3. The van der Waals surface area contributed by atoms with Crippen LogP contribution in [0.3, 0.4) is 0 Å². The highest BCUT2D eigenvalue weighted by Gasteiger charge is 2.19. The Labute approximate surface area is 499 Å². The van der Waals surface area contributed by atoms with Gasteiger partial charge in [-0.3, -0.25) is 14.4 Å². The second kappa shape index (κ2) is 67.8. The van der Waals surface area contributed by atoms with Crippen LogP contribution in [0.15, 0.2) is 146 Å². The quantitative estimate of drug-likeness (QED) is 0.0261. The third-order valence-electron chi connectivity index (χ3n) is 13.8. The Bertz CT molecular complexity index is 1760. The molecule has 1 atom stereocenters. The van der Waals surface area contributed by atoms with Gasteiger partial charge >= 0.3 is 17.9 Å². The molecule has 0 aliphatic rings. The van der Waals surface area contributed by atoms with Gasteiger partial charge in [-0.05, 0) is 122 Å². The second-order valence-electron chi connectivity index (χ2n) is 21.6. The van der Waals surface area contributed by atoms with Crippen LogP contribution >= 0.6 is 0 Å². The summed E-state index contributed by atoms with van der Waals surface area (Å²) in [6, 6.07) is 0. The number of carbonyl (C=O) groups excluding carboxylic acids is 3. The molecule has 0 aromatic heterocycles. The van der Waals surface area contributed by atoms with Crippen LogP contribution in [0.1, 0.15) is 290 Å². The van der Waals surface area contributed by atoms with E-state index >= 15 is 0 Å². The van der Waals surface area contributed by atoms with E-state index in [0.717, 1.165) is 148 Å². The summed E-state index contributed by atoms with van der Waals surface area (Å²) in [5.41, 5.74) is 0. The minimum atomic E-state index is -0.789. The maximum Gasteiger partial charge on any atom is 0.306 e. The van der Waals surface area contributed by atoms with Gasteiger partial charge < -0.3 is 14.2 Å². The Morgan fingerprint density at radius 1 is 0.259 bits per heavy atom. The van der Waals surface area contributed by atoms with Crippen molar-refractivity contribution >= 4 is 17.9 Å². The van der Waals surface area contributed by atoms with Gasteiger partial charge in [-0.1, -0.05) is 295 Å². The highest BCUT2D eigenvalue weighted by molar-refractivity contribution is 5.71. The van der Waals surface area contributed by atoms with E-state index in [1.54, 1.807) is 0 Å². The lowest BCUT2D eigenvalue weighted by Crippen LogP contribution is -2.30. The van der Waals surface area contributed by atoms with E-state index in [2.05, 4.69) is 167 Å². The third kappa shape index (κ3) is 66.0. The van der Waals surface area contributed by atoms with Crippen molar-refractivity contribution in [3.05, 3.63) is 146 Å². The number of unbranched alkanes of at least 4 members (excludes halogenated alkanes) is 24. The average Bonchev–Trinajstić information content (AvgIpc) is 3.46. The summed E-state index contributed by atoms with van der Waals surface area (Å²) in [6.45, 7) is 6.36. The number of rotatable bonds is 59. The molecule has 0 spiro atoms. The molecule has 1 unspecified atom stereocenters. The fraction of sp³-hybridized carbons (Fsp3) is 0.640. The first-order valence-corrected chi connectivity index (χ1v) is 33.3. The molecule has 0 rings (SSSR count). The van der Waals surface area contributed by atoms with Crippen molar-refractivity contribution in [1.29, 1.82) is 0 Å². The first-order valence-electron chi connectivity index (χ1n) is 33.3. The van der Waals surface area contributed by atoms with Crippen molar-refractivity contribution in [3.8, 4) is 0 Å². The van der Waals surface area contributed by atoms with Gasteiger partial charge in [0.2, 0.25) is 0 Å². The van der Waals surface area contributed by atoms with Gasteiger partial charge in [0.15, 0.2) is 6.10 Å². The molecule has 458 valence electrons. The summed E-state index contributed by atoms with van der Waals surface area (Å²) in [5, 5.41) is 0. The number of carbonyl (C=O) groups is 3. The molecule has 0 fully saturated rings. The van der Waals surface area contributed by atoms with E-state index < -0.39 is 6.10 Å². The van der Waals surface area contributed by atoms with Gasteiger partial charge in [0.25, 0.3) is 0 Å². The van der Waals surface area contributed by atoms with Gasteiger partial charge in [0.05, 0.1) is 0 Å². The number of allylic oxidation sites excluding steroid dienone is 24. The van der Waals surface area contributed by atoms with Gasteiger partial charge in [-0.25, -0.2) is 0 Å². The molecule has 0 amide bonds. The topological polar surface area (TPSA) is 78.9 Å². The molecule has 6 heteroatoms. The van der Waals surface area contributed by atoms with Crippen LogP contribution in [0, 0.1) is 0 Å². The molecule has 0 N–H and O–H groups in total. The zero-order valence-electron chi connectivity index (χ0n) is 52.5. The van der Waals surface area contributed by atoms with Gasteiger partial charge in [0.1, 0.15) is 13.2 Å². The molecule has 0 aromatic carbocycles. The van der Waals surface area contributed by atoms with Crippen molar-refractivity contribution in [2.24, 2.45) is 0 Å². The van der Waals surface area contributed by atoms with Crippen molar-refractivity contribution in [2.75, 3.05) is 13.2 Å². The Balaban J connectivity index is 4.19. The maximum atomic E-state index is 12.9. The lowest BCUT2D eigenvalue weighted by molar-refractivity contribution is -0.167. The lowest BCUT2D eigenvalue weighted by Gasteiger charge is -2.18. The van der Waals surface area contributed by atoms with Crippen LogP contribution in [0.4, 0.5) is 0 Å². The Kier molecular flexibility index (Phi) is 63.9. The maximum absolute atomic E-state index is 12.9. The fourth-order valence-electron chi connectivity index (χ4n) is 8.92. The summed E-state index contributed by atoms with van der Waals surface area (Å²) in [7, 11) is 0. The minimum Gasteiger partial charge on any atom is -0.462 e. The molecule has 0 saturated carbocycles. The normalized spacial score (nSPS) is 13.1. The van der Waals surface area contributed by atoms with Crippen LogP contribution in [-0.2, 0) is 28.6 Å². The summed E-state index contributed by atoms with van der Waals surface area (Å²) in [6.07, 6.45) is 97.4. The molecule has 0 aliphatic carbocycles. The largest absolute Gasteiger partial charge is 0.462 e. The summed E-state index contributed by atoms with van der Waals surface area (Å²) in [4.78, 5) is 38.1. The van der Waals surface area contributed by atoms with Crippen molar-refractivity contribution in [2.45, 2.75) is 297 Å². The highest BCUT2D eigenvalue weighted by Crippen LogP contribution is 2.16. The molecule has 0 radical (unpaired) electrons. The fourth-order valence-corrected chi connectivity index (χ4v) is 8.92. The first-order chi connectivity index (χ1) is 40.0. The standard InChI is InChI=1S/C75H122O6/c1-4-7-10-13-16-18-20-22-24-26-28-30-32-34-35-36-37-38-39-41-42-44-46-48-50-52-54-56-59-62-65-68-74(77)80-71-72(70-79-73(76)67-64-61-58-15-12-9-6-3)81-75(78)69-66-63-60-57-55-53-51-49-47-45-43-40-33-31-29-27-25-23-21-19-17-14-11-8-5-2/h7-8,10-11,16-19,22-25,28-31,34-35,37-38,41-42,46,48,72H,4-6,9,12-15,20-21,26-27,32-33,36,39-40,43-45,47,49-71H2,1-3H3/b10-7-,11-8-,18-16-,19-17-,24-22-,25-23-,30-28-,31-29-,35-34-,38-37-,42-41-,48-46-. The Hall–Kier alpha value is -4.71. The van der Waals surface area contributed by atoms with E-state index in [-0.39, 0.29) is 31.1 Å². The predicted molar refractivity (Wildman–Crippen MR) is 352 cm³/mol. The summed E-state index contributed by atoms with van der Waals surface area (Å²) in [5.74, 6) is -0.908. The van der Waals surface area contributed by atoms with Gasteiger partial charge in [-0.15, -0.1) is 0 Å². The van der Waals surface area contributed by atoms with Crippen molar-refractivity contribution in [3.63, 3.8) is 0 Å². The van der Waals surface area contributed by atoms with Crippen LogP contribution in [0.25, 0.3) is 0 Å². The molecule has 81 heavy (non-hydrogen) atoms. The number of hydrogen-bond acceptors (Lipinski definition) is 6. The molecule has 0 aromatic rings. The summed E-state index contributed by atoms with van der Waals surface area (Å²) >= 11 is 0. The minimum absolute atomic E-state index is 0.0860. The van der Waals surface area contributed by atoms with E-state index in [1.807, 2.05) is 0 Å².